The van der Waals surface area contributed by atoms with Crippen molar-refractivity contribution in [2.24, 2.45) is 0 Å². The Kier molecular flexibility index (Phi) is 3.53. The van der Waals surface area contributed by atoms with Crippen molar-refractivity contribution in [2.75, 3.05) is 0 Å². The summed E-state index contributed by atoms with van der Waals surface area (Å²) in [7, 11) is 0. The molecule has 0 amide bonds. The van der Waals surface area contributed by atoms with Crippen LogP contribution in [0.4, 0.5) is 0 Å². The van der Waals surface area contributed by atoms with Crippen molar-refractivity contribution >= 4 is 17.4 Å². The first-order valence-electron chi connectivity index (χ1n) is 5.88. The third kappa shape index (κ3) is 2.19. The number of ketones is 1. The minimum absolute atomic E-state index is 0.0381. The number of hydrogen-bond acceptors (Lipinski definition) is 1. The number of aryl methyl sites for hydroxylation is 1. The summed E-state index contributed by atoms with van der Waals surface area (Å²) >= 11 is 6.06. The van der Waals surface area contributed by atoms with Gasteiger partial charge in [-0.15, -0.1) is 0 Å². The predicted octanol–water partition coefficient (Wildman–Crippen LogP) is 4.50. The Morgan fingerprint density at radius 2 is 1.44 bits per heavy atom. The van der Waals surface area contributed by atoms with Crippen LogP contribution in [0.3, 0.4) is 0 Å². The molecule has 0 atom stereocenters. The second-order valence-electron chi connectivity index (χ2n) is 4.49. The summed E-state index contributed by atoms with van der Waals surface area (Å²) in [6.45, 7) is 5.86. The Bertz CT molecular complexity index is 561. The van der Waals surface area contributed by atoms with Gasteiger partial charge < -0.3 is 0 Å². The third-order valence-corrected chi connectivity index (χ3v) is 3.77. The fourth-order valence-corrected chi connectivity index (χ4v) is 2.17. The molecule has 0 heterocycles. The van der Waals surface area contributed by atoms with Gasteiger partial charge in [0.15, 0.2) is 5.78 Å². The zero-order chi connectivity index (χ0) is 13.3. The molecular weight excluding hydrogens is 244 g/mol. The van der Waals surface area contributed by atoms with E-state index in [1.807, 2.05) is 51.1 Å². The zero-order valence-corrected chi connectivity index (χ0v) is 11.5. The van der Waals surface area contributed by atoms with Crippen LogP contribution < -0.4 is 0 Å². The SMILES string of the molecule is Cc1cccc(C(=O)c2cccc(Cl)c2C)c1C. The van der Waals surface area contributed by atoms with Crippen LogP contribution in [0.2, 0.25) is 5.02 Å². The van der Waals surface area contributed by atoms with E-state index < -0.39 is 0 Å². The van der Waals surface area contributed by atoms with E-state index in [4.69, 9.17) is 11.6 Å². The quantitative estimate of drug-likeness (QED) is 0.725. The molecule has 0 aliphatic rings. The first kappa shape index (κ1) is 12.8. The number of carbonyl (C=O) groups is 1. The Balaban J connectivity index is 2.55. The van der Waals surface area contributed by atoms with Crippen LogP contribution in [0.5, 0.6) is 0 Å². The first-order chi connectivity index (χ1) is 8.52. The summed E-state index contributed by atoms with van der Waals surface area (Å²) in [4.78, 5) is 12.5. The van der Waals surface area contributed by atoms with Crippen LogP contribution >= 0.6 is 11.6 Å². The fourth-order valence-electron chi connectivity index (χ4n) is 2.00. The molecular formula is C16H15ClO. The van der Waals surface area contributed by atoms with Crippen molar-refractivity contribution in [2.45, 2.75) is 20.8 Å². The van der Waals surface area contributed by atoms with Crippen molar-refractivity contribution in [3.8, 4) is 0 Å². The number of carbonyl (C=O) groups excluding carboxylic acids is 1. The van der Waals surface area contributed by atoms with E-state index in [-0.39, 0.29) is 5.78 Å². The normalized spacial score (nSPS) is 10.4. The maximum absolute atomic E-state index is 12.5. The molecule has 92 valence electrons. The minimum Gasteiger partial charge on any atom is -0.289 e. The van der Waals surface area contributed by atoms with Crippen LogP contribution in [-0.4, -0.2) is 5.78 Å². The average Bonchev–Trinajstić information content (AvgIpc) is 2.35. The first-order valence-corrected chi connectivity index (χ1v) is 6.26. The van der Waals surface area contributed by atoms with Crippen LogP contribution in [-0.2, 0) is 0 Å². The maximum Gasteiger partial charge on any atom is 0.193 e. The van der Waals surface area contributed by atoms with E-state index in [9.17, 15) is 4.79 Å². The topological polar surface area (TPSA) is 17.1 Å². The monoisotopic (exact) mass is 258 g/mol. The molecule has 0 aliphatic carbocycles. The minimum atomic E-state index is 0.0381. The van der Waals surface area contributed by atoms with E-state index in [0.717, 1.165) is 22.3 Å². The molecule has 2 heteroatoms. The molecule has 0 saturated heterocycles. The highest BCUT2D eigenvalue weighted by atomic mass is 35.5. The Hall–Kier alpha value is -1.60. The van der Waals surface area contributed by atoms with Gasteiger partial charge in [0.2, 0.25) is 0 Å². The molecule has 18 heavy (non-hydrogen) atoms. The predicted molar refractivity (Wildman–Crippen MR) is 75.5 cm³/mol. The Morgan fingerprint density at radius 1 is 0.889 bits per heavy atom. The molecule has 2 aromatic rings. The lowest BCUT2D eigenvalue weighted by molar-refractivity contribution is 0.103. The van der Waals surface area contributed by atoms with Gasteiger partial charge in [0, 0.05) is 16.1 Å². The molecule has 0 unspecified atom stereocenters. The highest BCUT2D eigenvalue weighted by Gasteiger charge is 2.15. The zero-order valence-electron chi connectivity index (χ0n) is 10.8. The summed E-state index contributed by atoms with van der Waals surface area (Å²) in [6, 6.07) is 11.2. The van der Waals surface area contributed by atoms with Gasteiger partial charge >= 0.3 is 0 Å². The van der Waals surface area contributed by atoms with Crippen molar-refractivity contribution in [1.29, 1.82) is 0 Å². The van der Waals surface area contributed by atoms with Gasteiger partial charge in [-0.1, -0.05) is 41.9 Å². The van der Waals surface area contributed by atoms with Gasteiger partial charge in [-0.2, -0.15) is 0 Å². The van der Waals surface area contributed by atoms with Crippen LogP contribution in [0, 0.1) is 20.8 Å². The molecule has 0 spiro atoms. The second-order valence-corrected chi connectivity index (χ2v) is 4.90. The van der Waals surface area contributed by atoms with Gasteiger partial charge in [-0.05, 0) is 43.5 Å². The second kappa shape index (κ2) is 4.95. The maximum atomic E-state index is 12.5. The van der Waals surface area contributed by atoms with E-state index in [1.54, 1.807) is 6.07 Å². The smallest absolute Gasteiger partial charge is 0.193 e. The summed E-state index contributed by atoms with van der Waals surface area (Å²) in [5.41, 5.74) is 4.42. The van der Waals surface area contributed by atoms with Gasteiger partial charge in [0.05, 0.1) is 0 Å². The van der Waals surface area contributed by atoms with Crippen LogP contribution in [0.1, 0.15) is 32.6 Å². The van der Waals surface area contributed by atoms with Gasteiger partial charge in [-0.3, -0.25) is 4.79 Å². The molecule has 2 aromatic carbocycles. The standard InChI is InChI=1S/C16H15ClO/c1-10-6-4-7-13(11(10)2)16(18)14-8-5-9-15(17)12(14)3/h4-9H,1-3H3. The molecule has 0 fully saturated rings. The summed E-state index contributed by atoms with van der Waals surface area (Å²) in [5.74, 6) is 0.0381. The van der Waals surface area contributed by atoms with Crippen LogP contribution in [0.15, 0.2) is 36.4 Å². The molecule has 2 rings (SSSR count). The number of rotatable bonds is 2. The van der Waals surface area contributed by atoms with Crippen molar-refractivity contribution < 1.29 is 4.79 Å². The summed E-state index contributed by atoms with van der Waals surface area (Å²) < 4.78 is 0. The number of hydrogen-bond donors (Lipinski definition) is 0. The highest BCUT2D eigenvalue weighted by molar-refractivity contribution is 6.32. The van der Waals surface area contributed by atoms with Crippen LogP contribution in [0.25, 0.3) is 0 Å². The third-order valence-electron chi connectivity index (χ3n) is 3.36. The molecule has 0 aliphatic heterocycles. The van der Waals surface area contributed by atoms with E-state index >= 15 is 0 Å². The highest BCUT2D eigenvalue weighted by Crippen LogP contribution is 2.23. The average molecular weight is 259 g/mol. The van der Waals surface area contributed by atoms with E-state index in [1.165, 1.54) is 0 Å². The Morgan fingerprint density at radius 3 is 2.11 bits per heavy atom. The van der Waals surface area contributed by atoms with Crippen molar-refractivity contribution in [3.63, 3.8) is 0 Å². The van der Waals surface area contributed by atoms with Gasteiger partial charge in [0.25, 0.3) is 0 Å². The lowest BCUT2D eigenvalue weighted by Crippen LogP contribution is -2.06. The molecule has 0 N–H and O–H groups in total. The van der Waals surface area contributed by atoms with E-state index in [0.29, 0.717) is 10.6 Å². The fraction of sp³-hybridized carbons (Fsp3) is 0.188. The largest absolute Gasteiger partial charge is 0.289 e. The summed E-state index contributed by atoms with van der Waals surface area (Å²) in [6.07, 6.45) is 0. The molecule has 0 saturated carbocycles. The van der Waals surface area contributed by atoms with Crippen molar-refractivity contribution in [1.82, 2.24) is 0 Å². The van der Waals surface area contributed by atoms with Gasteiger partial charge in [0.1, 0.15) is 0 Å². The molecule has 1 nitrogen and oxygen atoms in total. The lowest BCUT2D eigenvalue weighted by Gasteiger charge is -2.10. The number of benzene rings is 2. The Labute approximate surface area is 112 Å². The molecule has 0 aromatic heterocycles. The van der Waals surface area contributed by atoms with E-state index in [2.05, 4.69) is 0 Å². The lowest BCUT2D eigenvalue weighted by atomic mass is 9.94. The molecule has 0 radical (unpaired) electrons. The summed E-state index contributed by atoms with van der Waals surface area (Å²) in [5, 5.41) is 0.631. The van der Waals surface area contributed by atoms with Crippen molar-refractivity contribution in [3.05, 3.63) is 69.2 Å². The molecule has 0 bridgehead atoms. The van der Waals surface area contributed by atoms with Gasteiger partial charge in [-0.25, -0.2) is 0 Å². The number of halogens is 1.